The molecule has 0 aromatic heterocycles. The van der Waals surface area contributed by atoms with E-state index in [-0.39, 0.29) is 0 Å². The van der Waals surface area contributed by atoms with Gasteiger partial charge >= 0.3 is 0 Å². The Labute approximate surface area is 146 Å². The Kier molecular flexibility index (Phi) is 3.84. The highest BCUT2D eigenvalue weighted by Gasteiger charge is 2.60. The second-order valence-electron chi connectivity index (χ2n) is 10.4. The predicted octanol–water partition coefficient (Wildman–Crippen LogP) is 4.86. The maximum Gasteiger partial charge on any atom is 0.0622 e. The fraction of sp³-hybridized carbons (Fsp3) is 0.952. The predicted molar refractivity (Wildman–Crippen MR) is 96.1 cm³/mol. The van der Waals surface area contributed by atoms with Gasteiger partial charge in [-0.25, -0.2) is 0 Å². The molecule has 0 aromatic carbocycles. The first-order valence-corrected chi connectivity index (χ1v) is 10.2. The van der Waals surface area contributed by atoms with E-state index < -0.39 is 5.60 Å². The quantitative estimate of drug-likeness (QED) is 0.409. The molecule has 0 spiro atoms. The highest BCUT2D eigenvalue weighted by molar-refractivity contribution is 5.62. The number of fused-ring (bicyclic) bond motifs is 5. The van der Waals surface area contributed by atoms with Crippen molar-refractivity contribution in [2.24, 2.45) is 45.6 Å². The van der Waals surface area contributed by atoms with Crippen LogP contribution in [0.15, 0.2) is 5.16 Å². The molecule has 0 bridgehead atoms. The third-order valence-corrected chi connectivity index (χ3v) is 9.27. The monoisotopic (exact) mass is 333 g/mol. The largest absolute Gasteiger partial charge is 0.411 e. The van der Waals surface area contributed by atoms with Gasteiger partial charge in [0.05, 0.1) is 5.60 Å². The van der Waals surface area contributed by atoms with Crippen LogP contribution in [0.25, 0.3) is 0 Å². The van der Waals surface area contributed by atoms with Gasteiger partial charge in [0.15, 0.2) is 0 Å². The molecule has 3 heteroatoms. The minimum absolute atomic E-state index is 0.344. The molecule has 4 aliphatic rings. The molecule has 4 rings (SSSR count). The first kappa shape index (κ1) is 16.9. The second kappa shape index (κ2) is 5.46. The van der Waals surface area contributed by atoms with Crippen LogP contribution >= 0.6 is 0 Å². The normalized spacial score (nSPS) is 57.4. The van der Waals surface area contributed by atoms with E-state index >= 15 is 0 Å². The lowest BCUT2D eigenvalue weighted by molar-refractivity contribution is -0.143. The summed E-state index contributed by atoms with van der Waals surface area (Å²) in [5.74, 6) is 3.67. The average molecular weight is 334 g/mol. The molecule has 0 heterocycles. The summed E-state index contributed by atoms with van der Waals surface area (Å²) in [4.78, 5) is 0. The fourth-order valence-electron chi connectivity index (χ4n) is 7.80. The summed E-state index contributed by atoms with van der Waals surface area (Å²) in [6.07, 6.45) is 12.8. The van der Waals surface area contributed by atoms with Gasteiger partial charge in [-0.1, -0.05) is 13.8 Å². The molecule has 4 aliphatic carbocycles. The number of aliphatic hydroxyl groups is 1. The summed E-state index contributed by atoms with van der Waals surface area (Å²) in [6, 6.07) is 0. The van der Waals surface area contributed by atoms with Crippen LogP contribution in [0.5, 0.6) is 0 Å². The van der Waals surface area contributed by atoms with Crippen LogP contribution < -0.4 is 0 Å². The SMILES string of the molecule is CC1(O)CC[C@@]2(C)C(CC[C@@H]3[C@H]2CC[C@]2(C)C(C=NO)CC[C@@H]32)C1. The van der Waals surface area contributed by atoms with Crippen LogP contribution in [0.3, 0.4) is 0 Å². The molecular formula is C21H35NO2. The van der Waals surface area contributed by atoms with Crippen molar-refractivity contribution in [3.05, 3.63) is 0 Å². The lowest BCUT2D eigenvalue weighted by atomic mass is 9.44. The van der Waals surface area contributed by atoms with Gasteiger partial charge in [0, 0.05) is 12.1 Å². The average Bonchev–Trinajstić information content (AvgIpc) is 2.85. The van der Waals surface area contributed by atoms with Crippen molar-refractivity contribution in [3.63, 3.8) is 0 Å². The topological polar surface area (TPSA) is 52.8 Å². The summed E-state index contributed by atoms with van der Waals surface area (Å²) in [7, 11) is 0. The van der Waals surface area contributed by atoms with Crippen molar-refractivity contribution in [1.82, 2.24) is 0 Å². The van der Waals surface area contributed by atoms with E-state index in [4.69, 9.17) is 5.21 Å². The zero-order chi connectivity index (χ0) is 17.2. The van der Waals surface area contributed by atoms with Crippen molar-refractivity contribution in [3.8, 4) is 0 Å². The maximum atomic E-state index is 10.6. The standard InChI is InChI=1S/C21H35NO2/c1-19(23)10-11-21(3)14(12-19)4-6-16-17-7-5-15(13-22-24)20(17,2)9-8-18(16)21/h13-18,23-24H,4-12H2,1-3H3/t14?,15?,16-,17-,18+,19?,20+,21-/m0/s1. The molecule has 4 saturated carbocycles. The number of nitrogens with zero attached hydrogens (tertiary/aromatic N) is 1. The molecule has 3 unspecified atom stereocenters. The minimum atomic E-state index is -0.434. The van der Waals surface area contributed by atoms with Crippen LogP contribution in [-0.4, -0.2) is 22.1 Å². The summed E-state index contributed by atoms with van der Waals surface area (Å²) in [5, 5.41) is 23.0. The molecule has 8 atom stereocenters. The number of oxime groups is 1. The van der Waals surface area contributed by atoms with Gasteiger partial charge in [-0.15, -0.1) is 5.16 Å². The molecule has 0 aromatic rings. The van der Waals surface area contributed by atoms with Gasteiger partial charge in [0.2, 0.25) is 0 Å². The van der Waals surface area contributed by atoms with Crippen molar-refractivity contribution in [2.75, 3.05) is 0 Å². The van der Waals surface area contributed by atoms with Crippen molar-refractivity contribution >= 4 is 6.21 Å². The van der Waals surface area contributed by atoms with Gasteiger partial charge in [-0.2, -0.15) is 0 Å². The minimum Gasteiger partial charge on any atom is -0.411 e. The Balaban J connectivity index is 1.60. The van der Waals surface area contributed by atoms with Crippen LogP contribution in [0.1, 0.15) is 78.6 Å². The van der Waals surface area contributed by atoms with Crippen molar-refractivity contribution in [2.45, 2.75) is 84.2 Å². The van der Waals surface area contributed by atoms with Crippen molar-refractivity contribution in [1.29, 1.82) is 0 Å². The Morgan fingerprint density at radius 2 is 1.62 bits per heavy atom. The lowest BCUT2D eigenvalue weighted by Gasteiger charge is -2.61. The van der Waals surface area contributed by atoms with Gasteiger partial charge in [0.25, 0.3) is 0 Å². The molecule has 24 heavy (non-hydrogen) atoms. The van der Waals surface area contributed by atoms with Crippen LogP contribution in [-0.2, 0) is 0 Å². The number of hydrogen-bond acceptors (Lipinski definition) is 3. The Hall–Kier alpha value is -0.570. The third kappa shape index (κ3) is 2.29. The Morgan fingerprint density at radius 3 is 2.38 bits per heavy atom. The smallest absolute Gasteiger partial charge is 0.0622 e. The molecule has 2 N–H and O–H groups in total. The highest BCUT2D eigenvalue weighted by Crippen LogP contribution is 2.67. The van der Waals surface area contributed by atoms with Gasteiger partial charge < -0.3 is 10.3 Å². The molecule has 0 amide bonds. The van der Waals surface area contributed by atoms with E-state index in [0.29, 0.717) is 22.7 Å². The van der Waals surface area contributed by atoms with Crippen LogP contribution in [0.4, 0.5) is 0 Å². The summed E-state index contributed by atoms with van der Waals surface area (Å²) in [5.41, 5.74) is 0.350. The third-order valence-electron chi connectivity index (χ3n) is 9.27. The Morgan fingerprint density at radius 1 is 0.875 bits per heavy atom. The van der Waals surface area contributed by atoms with Crippen molar-refractivity contribution < 1.29 is 10.3 Å². The first-order chi connectivity index (χ1) is 11.3. The molecule has 0 saturated heterocycles. The van der Waals surface area contributed by atoms with Crippen LogP contribution in [0, 0.1) is 40.4 Å². The van der Waals surface area contributed by atoms with E-state index in [0.717, 1.165) is 30.6 Å². The fourth-order valence-corrected chi connectivity index (χ4v) is 7.80. The molecular weight excluding hydrogens is 298 g/mol. The lowest BCUT2D eigenvalue weighted by Crippen LogP contribution is -2.55. The van der Waals surface area contributed by atoms with Crippen LogP contribution in [0.2, 0.25) is 0 Å². The highest BCUT2D eigenvalue weighted by atomic mass is 16.4. The molecule has 4 fully saturated rings. The maximum absolute atomic E-state index is 10.6. The summed E-state index contributed by atoms with van der Waals surface area (Å²) >= 11 is 0. The number of hydrogen-bond donors (Lipinski definition) is 2. The zero-order valence-corrected chi connectivity index (χ0v) is 15.7. The first-order valence-electron chi connectivity index (χ1n) is 10.2. The molecule has 136 valence electrons. The summed E-state index contributed by atoms with van der Waals surface area (Å²) in [6.45, 7) is 7.06. The van der Waals surface area contributed by atoms with E-state index in [1.165, 1.54) is 44.9 Å². The van der Waals surface area contributed by atoms with E-state index in [9.17, 15) is 5.11 Å². The number of rotatable bonds is 1. The molecule has 0 radical (unpaired) electrons. The Bertz CT molecular complexity index is 530. The molecule has 3 nitrogen and oxygen atoms in total. The van der Waals surface area contributed by atoms with E-state index in [1.54, 1.807) is 0 Å². The van der Waals surface area contributed by atoms with Gasteiger partial charge in [-0.05, 0) is 99.2 Å². The second-order valence-corrected chi connectivity index (χ2v) is 10.4. The summed E-state index contributed by atoms with van der Waals surface area (Å²) < 4.78 is 0. The van der Waals surface area contributed by atoms with E-state index in [1.807, 2.05) is 13.1 Å². The van der Waals surface area contributed by atoms with Gasteiger partial charge in [-0.3, -0.25) is 0 Å². The van der Waals surface area contributed by atoms with E-state index in [2.05, 4.69) is 19.0 Å². The van der Waals surface area contributed by atoms with Gasteiger partial charge in [0.1, 0.15) is 0 Å². The molecule has 0 aliphatic heterocycles. The zero-order valence-electron chi connectivity index (χ0n) is 15.7.